The molecule has 1 fully saturated rings. The van der Waals surface area contributed by atoms with Crippen LogP contribution in [0.5, 0.6) is 0 Å². The number of aromatic nitrogens is 1. The Bertz CT molecular complexity index is 704. The molecule has 0 unspecified atom stereocenters. The van der Waals surface area contributed by atoms with E-state index in [-0.39, 0.29) is 16.7 Å². The summed E-state index contributed by atoms with van der Waals surface area (Å²) < 4.78 is 5.14. The molecule has 0 aliphatic heterocycles. The predicted molar refractivity (Wildman–Crippen MR) is 89.1 cm³/mol. The highest BCUT2D eigenvalue weighted by atomic mass is 16.5. The van der Waals surface area contributed by atoms with Crippen LogP contribution in [0.4, 0.5) is 0 Å². The molecule has 1 aromatic carbocycles. The van der Waals surface area contributed by atoms with Crippen LogP contribution in [0.25, 0.3) is 0 Å². The lowest BCUT2D eigenvalue weighted by Crippen LogP contribution is -2.34. The molecule has 1 aliphatic rings. The van der Waals surface area contributed by atoms with E-state index in [0.717, 1.165) is 24.1 Å². The maximum Gasteiger partial charge on any atom is 0.231 e. The van der Waals surface area contributed by atoms with E-state index in [2.05, 4.69) is 55.5 Å². The normalized spacial score (nSPS) is 16.2. The molecule has 0 spiro atoms. The third-order valence-corrected chi connectivity index (χ3v) is 4.59. The first-order chi connectivity index (χ1) is 10.8. The van der Waals surface area contributed by atoms with Crippen molar-refractivity contribution < 1.29 is 9.32 Å². The Hall–Kier alpha value is -2.10. The summed E-state index contributed by atoms with van der Waals surface area (Å²) in [4.78, 5) is 12.6. The van der Waals surface area contributed by atoms with E-state index in [4.69, 9.17) is 4.52 Å². The van der Waals surface area contributed by atoms with Gasteiger partial charge in [0.15, 0.2) is 5.76 Å². The molecular formula is C19H24N2O2. The van der Waals surface area contributed by atoms with Gasteiger partial charge in [-0.3, -0.25) is 4.79 Å². The summed E-state index contributed by atoms with van der Waals surface area (Å²) in [6, 6.07) is 10.3. The van der Waals surface area contributed by atoms with Crippen LogP contribution in [0, 0.1) is 6.92 Å². The Morgan fingerprint density at radius 2 is 1.91 bits per heavy atom. The van der Waals surface area contributed by atoms with Crippen LogP contribution in [0.2, 0.25) is 0 Å². The van der Waals surface area contributed by atoms with E-state index in [9.17, 15) is 4.79 Å². The van der Waals surface area contributed by atoms with Crippen LogP contribution in [0.3, 0.4) is 0 Å². The van der Waals surface area contributed by atoms with E-state index in [0.29, 0.717) is 12.3 Å². The molecule has 1 aromatic heterocycles. The Morgan fingerprint density at radius 1 is 1.26 bits per heavy atom. The van der Waals surface area contributed by atoms with Gasteiger partial charge in [-0.15, -0.1) is 0 Å². The van der Waals surface area contributed by atoms with Crippen molar-refractivity contribution in [2.75, 3.05) is 0 Å². The van der Waals surface area contributed by atoms with Crippen molar-refractivity contribution in [1.82, 2.24) is 10.5 Å². The molecule has 3 rings (SSSR count). The largest absolute Gasteiger partial charge is 0.359 e. The summed E-state index contributed by atoms with van der Waals surface area (Å²) in [5, 5.41) is 6.82. The fourth-order valence-electron chi connectivity index (χ4n) is 2.90. The van der Waals surface area contributed by atoms with Crippen LogP contribution in [-0.2, 0) is 22.2 Å². The number of hydrogen-bond donors (Lipinski definition) is 1. The van der Waals surface area contributed by atoms with Gasteiger partial charge in [0.25, 0.3) is 0 Å². The van der Waals surface area contributed by atoms with Gasteiger partial charge in [0, 0.05) is 6.07 Å². The summed E-state index contributed by atoms with van der Waals surface area (Å²) in [5.74, 6) is 0.768. The second-order valence-electron chi connectivity index (χ2n) is 7.53. The van der Waals surface area contributed by atoms with Crippen LogP contribution in [-0.4, -0.2) is 11.1 Å². The highest BCUT2D eigenvalue weighted by Crippen LogP contribution is 2.48. The lowest BCUT2D eigenvalue weighted by atomic mass is 9.85. The molecule has 23 heavy (non-hydrogen) atoms. The molecule has 1 heterocycles. The molecule has 122 valence electrons. The number of benzene rings is 1. The summed E-state index contributed by atoms with van der Waals surface area (Å²) in [6.45, 7) is 8.85. The lowest BCUT2D eigenvalue weighted by molar-refractivity contribution is -0.123. The zero-order valence-corrected chi connectivity index (χ0v) is 14.3. The van der Waals surface area contributed by atoms with Gasteiger partial charge in [0.2, 0.25) is 5.91 Å². The van der Waals surface area contributed by atoms with Gasteiger partial charge in [0.05, 0.1) is 17.7 Å². The molecule has 1 amide bonds. The first-order valence-corrected chi connectivity index (χ1v) is 8.13. The number of carbonyl (C=O) groups is 1. The fraction of sp³-hybridized carbons (Fsp3) is 0.474. The van der Waals surface area contributed by atoms with Crippen molar-refractivity contribution in [1.29, 1.82) is 0 Å². The highest BCUT2D eigenvalue weighted by molar-refractivity contribution is 5.91. The van der Waals surface area contributed by atoms with E-state index < -0.39 is 0 Å². The van der Waals surface area contributed by atoms with Gasteiger partial charge in [-0.1, -0.05) is 50.2 Å². The first-order valence-electron chi connectivity index (χ1n) is 8.13. The van der Waals surface area contributed by atoms with Gasteiger partial charge < -0.3 is 9.84 Å². The van der Waals surface area contributed by atoms with Crippen molar-refractivity contribution in [3.8, 4) is 0 Å². The van der Waals surface area contributed by atoms with Crippen LogP contribution in [0.15, 0.2) is 34.9 Å². The smallest absolute Gasteiger partial charge is 0.231 e. The Balaban J connectivity index is 1.70. The number of rotatable bonds is 4. The minimum atomic E-state index is -0.356. The van der Waals surface area contributed by atoms with Crippen LogP contribution >= 0.6 is 0 Å². The fourth-order valence-corrected chi connectivity index (χ4v) is 2.90. The number of carbonyl (C=O) groups excluding carboxylic acids is 1. The van der Waals surface area contributed by atoms with Gasteiger partial charge in [-0.2, -0.15) is 0 Å². The molecule has 4 nitrogen and oxygen atoms in total. The van der Waals surface area contributed by atoms with E-state index in [1.807, 2.05) is 13.0 Å². The third kappa shape index (κ3) is 3.16. The average molecular weight is 312 g/mol. The van der Waals surface area contributed by atoms with Gasteiger partial charge in [-0.05, 0) is 36.3 Å². The number of nitrogens with zero attached hydrogens (tertiary/aromatic N) is 1. The standard InChI is InChI=1S/C19H24N2O2/c1-13-11-16(23-21-13)12-20-17(22)19(9-10-19)15-7-5-14(6-8-15)18(2,3)4/h5-8,11H,9-10,12H2,1-4H3,(H,20,22). The average Bonchev–Trinajstić information content (AvgIpc) is 3.21. The summed E-state index contributed by atoms with van der Waals surface area (Å²) in [6.07, 6.45) is 1.81. The molecular weight excluding hydrogens is 288 g/mol. The second-order valence-corrected chi connectivity index (χ2v) is 7.53. The van der Waals surface area contributed by atoms with Crippen LogP contribution < -0.4 is 5.32 Å². The number of amides is 1. The van der Waals surface area contributed by atoms with Gasteiger partial charge in [0.1, 0.15) is 0 Å². The number of aryl methyl sites for hydroxylation is 1. The quantitative estimate of drug-likeness (QED) is 0.938. The topological polar surface area (TPSA) is 55.1 Å². The molecule has 0 radical (unpaired) electrons. The maximum atomic E-state index is 12.6. The zero-order chi connectivity index (χ0) is 16.7. The van der Waals surface area contributed by atoms with Gasteiger partial charge in [-0.25, -0.2) is 0 Å². The molecule has 2 aromatic rings. The minimum Gasteiger partial charge on any atom is -0.359 e. The molecule has 4 heteroatoms. The molecule has 0 saturated heterocycles. The molecule has 0 bridgehead atoms. The molecule has 0 atom stereocenters. The molecule has 1 aliphatic carbocycles. The predicted octanol–water partition coefficient (Wildman–Crippen LogP) is 3.63. The van der Waals surface area contributed by atoms with Crippen molar-refractivity contribution in [3.05, 3.63) is 52.9 Å². The Labute approximate surface area is 137 Å². The SMILES string of the molecule is Cc1cc(CNC(=O)C2(c3ccc(C(C)(C)C)cc3)CC2)on1. The van der Waals surface area contributed by atoms with Gasteiger partial charge >= 0.3 is 0 Å². The lowest BCUT2D eigenvalue weighted by Gasteiger charge is -2.21. The zero-order valence-electron chi connectivity index (χ0n) is 14.3. The first kappa shape index (κ1) is 15.8. The molecule has 1 N–H and O–H groups in total. The van der Waals surface area contributed by atoms with E-state index in [1.165, 1.54) is 5.56 Å². The number of nitrogens with one attached hydrogen (secondary N) is 1. The van der Waals surface area contributed by atoms with E-state index in [1.54, 1.807) is 0 Å². The third-order valence-electron chi connectivity index (χ3n) is 4.59. The van der Waals surface area contributed by atoms with Crippen molar-refractivity contribution in [3.63, 3.8) is 0 Å². The minimum absolute atomic E-state index is 0.0788. The summed E-state index contributed by atoms with van der Waals surface area (Å²) in [5.41, 5.74) is 2.99. The highest BCUT2D eigenvalue weighted by Gasteiger charge is 2.51. The van der Waals surface area contributed by atoms with Crippen LogP contribution in [0.1, 0.15) is 56.2 Å². The Morgan fingerprint density at radius 3 is 2.39 bits per heavy atom. The van der Waals surface area contributed by atoms with Crippen molar-refractivity contribution in [2.45, 2.75) is 57.9 Å². The maximum absolute atomic E-state index is 12.6. The van der Waals surface area contributed by atoms with Crippen molar-refractivity contribution >= 4 is 5.91 Å². The monoisotopic (exact) mass is 312 g/mol. The second kappa shape index (κ2) is 5.52. The summed E-state index contributed by atoms with van der Waals surface area (Å²) >= 11 is 0. The number of hydrogen-bond acceptors (Lipinski definition) is 3. The molecule has 1 saturated carbocycles. The van der Waals surface area contributed by atoms with Crippen molar-refractivity contribution in [2.24, 2.45) is 0 Å². The Kier molecular flexibility index (Phi) is 3.78. The summed E-state index contributed by atoms with van der Waals surface area (Å²) in [7, 11) is 0. The van der Waals surface area contributed by atoms with E-state index >= 15 is 0 Å².